The summed E-state index contributed by atoms with van der Waals surface area (Å²) in [4.78, 5) is 38.5. The first-order valence-electron chi connectivity index (χ1n) is 11.6. The first-order chi connectivity index (χ1) is 16.0. The summed E-state index contributed by atoms with van der Waals surface area (Å²) in [5.41, 5.74) is 4.48. The number of hydrogen-bond donors (Lipinski definition) is 2. The number of alkyl carbamates (subject to hydrolysis) is 1. The number of nitrogens with one attached hydrogen (secondary N) is 1. The summed E-state index contributed by atoms with van der Waals surface area (Å²) in [6, 6.07) is 15.4. The number of fused-ring (bicyclic) bond motifs is 3. The highest BCUT2D eigenvalue weighted by molar-refractivity contribution is 5.87. The van der Waals surface area contributed by atoms with Crippen molar-refractivity contribution in [2.75, 3.05) is 13.2 Å². The molecule has 0 aromatic heterocycles. The summed E-state index contributed by atoms with van der Waals surface area (Å²) < 4.78 is 5.56. The summed E-state index contributed by atoms with van der Waals surface area (Å²) in [7, 11) is 0. The number of likely N-dealkylation sites (tertiary alicyclic amines) is 1. The Morgan fingerprint density at radius 2 is 1.73 bits per heavy atom. The molecule has 4 rings (SSSR count). The Labute approximate surface area is 193 Å². The number of carbonyl (C=O) groups is 3. The highest BCUT2D eigenvalue weighted by Crippen LogP contribution is 2.44. The lowest BCUT2D eigenvalue weighted by Crippen LogP contribution is -2.58. The van der Waals surface area contributed by atoms with Gasteiger partial charge in [0.25, 0.3) is 0 Å². The van der Waals surface area contributed by atoms with E-state index in [0.29, 0.717) is 6.54 Å². The first-order valence-corrected chi connectivity index (χ1v) is 11.6. The maximum Gasteiger partial charge on any atom is 0.407 e. The van der Waals surface area contributed by atoms with Crippen molar-refractivity contribution < 1.29 is 24.2 Å². The van der Waals surface area contributed by atoms with Gasteiger partial charge in [0.15, 0.2) is 0 Å². The molecular formula is C26H30N2O5. The molecular weight excluding hydrogens is 420 g/mol. The highest BCUT2D eigenvalue weighted by atomic mass is 16.5. The molecule has 0 saturated carbocycles. The molecule has 1 aliphatic heterocycles. The molecule has 1 aliphatic carbocycles. The van der Waals surface area contributed by atoms with E-state index >= 15 is 0 Å². The summed E-state index contributed by atoms with van der Waals surface area (Å²) in [6.07, 6.45) is 1.94. The fraction of sp³-hybridized carbons (Fsp3) is 0.423. The van der Waals surface area contributed by atoms with Crippen molar-refractivity contribution in [3.63, 3.8) is 0 Å². The van der Waals surface area contributed by atoms with Gasteiger partial charge in [0.1, 0.15) is 12.6 Å². The summed E-state index contributed by atoms with van der Waals surface area (Å²) >= 11 is 0. The minimum Gasteiger partial charge on any atom is -0.481 e. The second-order valence-corrected chi connectivity index (χ2v) is 8.72. The van der Waals surface area contributed by atoms with Crippen LogP contribution in [0.5, 0.6) is 0 Å². The summed E-state index contributed by atoms with van der Waals surface area (Å²) in [6.45, 7) is 2.85. The highest BCUT2D eigenvalue weighted by Gasteiger charge is 2.36. The van der Waals surface area contributed by atoms with Crippen LogP contribution in [0.15, 0.2) is 48.5 Å². The number of carboxylic acid groups (broad SMARTS) is 1. The number of amides is 2. The Morgan fingerprint density at radius 1 is 1.09 bits per heavy atom. The SMILES string of the molecule is CCCC1CCN1C(=O)C(CCC(=O)O)NC(=O)OCC1c2ccccc2-c2ccccc21. The van der Waals surface area contributed by atoms with Crippen LogP contribution in [0.4, 0.5) is 4.79 Å². The summed E-state index contributed by atoms with van der Waals surface area (Å²) in [5.74, 6) is -1.31. The van der Waals surface area contributed by atoms with Crippen molar-refractivity contribution in [1.82, 2.24) is 10.2 Å². The molecule has 2 aliphatic rings. The zero-order valence-electron chi connectivity index (χ0n) is 18.8. The number of carbonyl (C=O) groups excluding carboxylic acids is 2. The molecule has 1 heterocycles. The Kier molecular flexibility index (Phi) is 6.96. The van der Waals surface area contributed by atoms with E-state index in [1.807, 2.05) is 36.4 Å². The molecule has 174 valence electrons. The van der Waals surface area contributed by atoms with Gasteiger partial charge in [-0.25, -0.2) is 4.79 Å². The minimum absolute atomic E-state index is 0.0354. The second-order valence-electron chi connectivity index (χ2n) is 8.72. The van der Waals surface area contributed by atoms with E-state index in [-0.39, 0.29) is 37.3 Å². The van der Waals surface area contributed by atoms with E-state index in [1.54, 1.807) is 4.90 Å². The van der Waals surface area contributed by atoms with Crippen LogP contribution in [0, 0.1) is 0 Å². The smallest absolute Gasteiger partial charge is 0.407 e. The van der Waals surface area contributed by atoms with Crippen LogP contribution in [-0.4, -0.2) is 53.2 Å². The average molecular weight is 451 g/mol. The Balaban J connectivity index is 1.41. The van der Waals surface area contributed by atoms with E-state index in [9.17, 15) is 14.4 Å². The molecule has 7 heteroatoms. The van der Waals surface area contributed by atoms with Gasteiger partial charge >= 0.3 is 12.1 Å². The first kappa shape index (κ1) is 22.8. The van der Waals surface area contributed by atoms with Gasteiger partial charge in [-0.3, -0.25) is 9.59 Å². The Morgan fingerprint density at radius 3 is 2.27 bits per heavy atom. The lowest BCUT2D eigenvalue weighted by atomic mass is 9.96. The molecule has 2 aromatic rings. The van der Waals surface area contributed by atoms with Crippen LogP contribution in [0.25, 0.3) is 11.1 Å². The van der Waals surface area contributed by atoms with Crippen LogP contribution >= 0.6 is 0 Å². The Bertz CT molecular complexity index is 991. The molecule has 0 radical (unpaired) electrons. The van der Waals surface area contributed by atoms with Gasteiger partial charge in [0, 0.05) is 24.9 Å². The average Bonchev–Trinajstić information content (AvgIpc) is 3.11. The molecule has 1 fully saturated rings. The largest absolute Gasteiger partial charge is 0.481 e. The van der Waals surface area contributed by atoms with Gasteiger partial charge in [-0.15, -0.1) is 0 Å². The lowest BCUT2D eigenvalue weighted by molar-refractivity contribution is -0.142. The lowest BCUT2D eigenvalue weighted by Gasteiger charge is -2.42. The normalized spacial score (nSPS) is 17.5. The predicted molar refractivity (Wildman–Crippen MR) is 124 cm³/mol. The molecule has 2 atom stereocenters. The van der Waals surface area contributed by atoms with Crippen molar-refractivity contribution in [1.29, 1.82) is 0 Å². The maximum atomic E-state index is 13.0. The van der Waals surface area contributed by atoms with E-state index in [4.69, 9.17) is 9.84 Å². The van der Waals surface area contributed by atoms with Gasteiger partial charge in [-0.1, -0.05) is 61.9 Å². The van der Waals surface area contributed by atoms with Crippen LogP contribution in [0.2, 0.25) is 0 Å². The summed E-state index contributed by atoms with van der Waals surface area (Å²) in [5, 5.41) is 11.7. The van der Waals surface area contributed by atoms with Crippen molar-refractivity contribution >= 4 is 18.0 Å². The number of nitrogens with zero attached hydrogens (tertiary/aromatic N) is 1. The molecule has 0 spiro atoms. The third kappa shape index (κ3) is 4.87. The zero-order chi connectivity index (χ0) is 23.4. The van der Waals surface area contributed by atoms with Gasteiger partial charge in [-0.2, -0.15) is 0 Å². The number of aliphatic carboxylic acids is 1. The number of rotatable bonds is 9. The van der Waals surface area contributed by atoms with Crippen molar-refractivity contribution in [2.24, 2.45) is 0 Å². The van der Waals surface area contributed by atoms with E-state index in [1.165, 1.54) is 0 Å². The standard InChI is InChI=1S/C26H30N2O5/c1-2-7-17-14-15-28(17)25(31)23(12-13-24(29)30)27-26(32)33-16-22-20-10-5-3-8-18(20)19-9-4-6-11-21(19)22/h3-6,8-11,17,22-23H,2,7,12-16H2,1H3,(H,27,32)(H,29,30). The van der Waals surface area contributed by atoms with E-state index in [0.717, 1.165) is 41.5 Å². The van der Waals surface area contributed by atoms with Crippen molar-refractivity contribution in [3.05, 3.63) is 59.7 Å². The number of hydrogen-bond acceptors (Lipinski definition) is 4. The molecule has 33 heavy (non-hydrogen) atoms. The van der Waals surface area contributed by atoms with Crippen LogP contribution in [-0.2, 0) is 14.3 Å². The van der Waals surface area contributed by atoms with Crippen LogP contribution in [0.1, 0.15) is 56.1 Å². The fourth-order valence-corrected chi connectivity index (χ4v) is 4.87. The van der Waals surface area contributed by atoms with E-state index in [2.05, 4.69) is 24.4 Å². The molecule has 2 amide bonds. The fourth-order valence-electron chi connectivity index (χ4n) is 4.87. The van der Waals surface area contributed by atoms with Crippen molar-refractivity contribution in [3.8, 4) is 11.1 Å². The minimum atomic E-state index is -1.00. The predicted octanol–water partition coefficient (Wildman–Crippen LogP) is 4.16. The third-order valence-corrected chi connectivity index (χ3v) is 6.63. The monoisotopic (exact) mass is 450 g/mol. The molecule has 2 aromatic carbocycles. The third-order valence-electron chi connectivity index (χ3n) is 6.63. The molecule has 2 N–H and O–H groups in total. The van der Waals surface area contributed by atoms with Gasteiger partial charge < -0.3 is 20.1 Å². The Hall–Kier alpha value is -3.35. The van der Waals surface area contributed by atoms with Crippen LogP contribution in [0.3, 0.4) is 0 Å². The van der Waals surface area contributed by atoms with Crippen molar-refractivity contribution in [2.45, 2.75) is 57.0 Å². The number of carboxylic acids is 1. The number of ether oxygens (including phenoxy) is 1. The molecule has 7 nitrogen and oxygen atoms in total. The maximum absolute atomic E-state index is 13.0. The van der Waals surface area contributed by atoms with Crippen LogP contribution < -0.4 is 5.32 Å². The van der Waals surface area contributed by atoms with Gasteiger partial charge in [0.2, 0.25) is 5.91 Å². The molecule has 2 unspecified atom stereocenters. The van der Waals surface area contributed by atoms with Gasteiger partial charge in [0.05, 0.1) is 0 Å². The van der Waals surface area contributed by atoms with E-state index < -0.39 is 18.1 Å². The number of benzene rings is 2. The molecule has 1 saturated heterocycles. The quantitative estimate of drug-likeness (QED) is 0.598. The zero-order valence-corrected chi connectivity index (χ0v) is 18.8. The topological polar surface area (TPSA) is 95.9 Å². The second kappa shape index (κ2) is 10.1. The molecule has 0 bridgehead atoms. The van der Waals surface area contributed by atoms with Gasteiger partial charge in [-0.05, 0) is 41.5 Å².